The third-order valence-electron chi connectivity index (χ3n) is 3.08. The second kappa shape index (κ2) is 3.80. The molecule has 1 aliphatic carbocycles. The van der Waals surface area contributed by atoms with Crippen LogP contribution >= 0.6 is 11.6 Å². The molecule has 0 nitrogen and oxygen atoms in total. The standard InChI is InChI=1S/C10H19Cl/c1-7(2)9-5-4-8(3)10(11)6-9/h7-10H,4-6H2,1-3H3/t8-,9+,10+/m1/s1. The van der Waals surface area contributed by atoms with Gasteiger partial charge in [0.1, 0.15) is 0 Å². The van der Waals surface area contributed by atoms with Gasteiger partial charge in [-0.3, -0.25) is 0 Å². The summed E-state index contributed by atoms with van der Waals surface area (Å²) >= 11 is 6.21. The Bertz CT molecular complexity index is 120. The van der Waals surface area contributed by atoms with Crippen molar-refractivity contribution in [2.45, 2.75) is 45.4 Å². The summed E-state index contributed by atoms with van der Waals surface area (Å²) in [6.07, 6.45) is 3.96. The Hall–Kier alpha value is 0.290. The van der Waals surface area contributed by atoms with Crippen LogP contribution in [0.25, 0.3) is 0 Å². The molecule has 0 N–H and O–H groups in total. The van der Waals surface area contributed by atoms with Crippen LogP contribution in [0.3, 0.4) is 0 Å². The molecular weight excluding hydrogens is 156 g/mol. The van der Waals surface area contributed by atoms with Crippen LogP contribution in [0.15, 0.2) is 0 Å². The first-order chi connectivity index (χ1) is 5.11. The SMILES string of the molecule is CC(C)[C@H]1CC[C@@H](C)[C@@H](Cl)C1. The van der Waals surface area contributed by atoms with E-state index in [1.165, 1.54) is 19.3 Å². The largest absolute Gasteiger partial charge is 0.123 e. The highest BCUT2D eigenvalue weighted by Crippen LogP contribution is 2.35. The van der Waals surface area contributed by atoms with E-state index in [2.05, 4.69) is 20.8 Å². The van der Waals surface area contributed by atoms with Gasteiger partial charge >= 0.3 is 0 Å². The zero-order valence-electron chi connectivity index (χ0n) is 7.81. The predicted molar refractivity (Wildman–Crippen MR) is 51.0 cm³/mol. The first kappa shape index (κ1) is 9.38. The third-order valence-corrected chi connectivity index (χ3v) is 3.69. The summed E-state index contributed by atoms with van der Waals surface area (Å²) in [6.45, 7) is 6.89. The first-order valence-corrected chi connectivity index (χ1v) is 5.19. The Morgan fingerprint density at radius 1 is 1.27 bits per heavy atom. The van der Waals surface area contributed by atoms with Gasteiger partial charge in [-0.05, 0) is 37.0 Å². The summed E-state index contributed by atoms with van der Waals surface area (Å²) in [5.41, 5.74) is 0. The van der Waals surface area contributed by atoms with E-state index in [0.29, 0.717) is 5.38 Å². The van der Waals surface area contributed by atoms with Gasteiger partial charge in [-0.1, -0.05) is 20.8 Å². The van der Waals surface area contributed by atoms with E-state index >= 15 is 0 Å². The Morgan fingerprint density at radius 3 is 2.36 bits per heavy atom. The molecule has 0 spiro atoms. The summed E-state index contributed by atoms with van der Waals surface area (Å²) < 4.78 is 0. The molecule has 1 aliphatic rings. The van der Waals surface area contributed by atoms with Crippen molar-refractivity contribution in [3.05, 3.63) is 0 Å². The molecule has 3 atom stereocenters. The van der Waals surface area contributed by atoms with Gasteiger partial charge in [-0.25, -0.2) is 0 Å². The van der Waals surface area contributed by atoms with Crippen LogP contribution in [0, 0.1) is 17.8 Å². The summed E-state index contributed by atoms with van der Waals surface area (Å²) in [4.78, 5) is 0. The van der Waals surface area contributed by atoms with Gasteiger partial charge in [0.2, 0.25) is 0 Å². The lowest BCUT2D eigenvalue weighted by molar-refractivity contribution is 0.239. The molecule has 66 valence electrons. The topological polar surface area (TPSA) is 0 Å². The van der Waals surface area contributed by atoms with E-state index in [1.54, 1.807) is 0 Å². The Morgan fingerprint density at radius 2 is 1.91 bits per heavy atom. The zero-order chi connectivity index (χ0) is 8.43. The fraction of sp³-hybridized carbons (Fsp3) is 1.00. The van der Waals surface area contributed by atoms with Crippen LogP contribution < -0.4 is 0 Å². The van der Waals surface area contributed by atoms with Crippen molar-refractivity contribution in [2.75, 3.05) is 0 Å². The zero-order valence-corrected chi connectivity index (χ0v) is 8.56. The molecule has 0 unspecified atom stereocenters. The minimum atomic E-state index is 0.441. The van der Waals surface area contributed by atoms with Crippen molar-refractivity contribution < 1.29 is 0 Å². The maximum atomic E-state index is 6.21. The quantitative estimate of drug-likeness (QED) is 0.532. The fourth-order valence-corrected chi connectivity index (χ4v) is 2.26. The molecule has 0 radical (unpaired) electrons. The van der Waals surface area contributed by atoms with Gasteiger partial charge in [-0.2, -0.15) is 0 Å². The molecule has 0 aromatic heterocycles. The molecule has 1 rings (SSSR count). The van der Waals surface area contributed by atoms with Crippen molar-refractivity contribution in [3.8, 4) is 0 Å². The summed E-state index contributed by atoms with van der Waals surface area (Å²) in [6, 6.07) is 0. The Kier molecular flexibility index (Phi) is 3.24. The summed E-state index contributed by atoms with van der Waals surface area (Å²) in [5.74, 6) is 2.45. The molecule has 0 aromatic carbocycles. The van der Waals surface area contributed by atoms with Crippen molar-refractivity contribution in [1.29, 1.82) is 0 Å². The lowest BCUT2D eigenvalue weighted by Crippen LogP contribution is -2.26. The van der Waals surface area contributed by atoms with Gasteiger partial charge < -0.3 is 0 Å². The Labute approximate surface area is 75.3 Å². The molecule has 0 heterocycles. The van der Waals surface area contributed by atoms with E-state index in [9.17, 15) is 0 Å². The lowest BCUT2D eigenvalue weighted by atomic mass is 9.77. The number of halogens is 1. The van der Waals surface area contributed by atoms with Gasteiger partial charge in [0, 0.05) is 5.38 Å². The lowest BCUT2D eigenvalue weighted by Gasteiger charge is -2.32. The van der Waals surface area contributed by atoms with E-state index in [1.807, 2.05) is 0 Å². The highest BCUT2D eigenvalue weighted by atomic mass is 35.5. The number of hydrogen-bond donors (Lipinski definition) is 0. The minimum Gasteiger partial charge on any atom is -0.123 e. The average Bonchev–Trinajstić information content (AvgIpc) is 1.94. The molecule has 1 fully saturated rings. The molecule has 0 bridgehead atoms. The van der Waals surface area contributed by atoms with Crippen LogP contribution in [0.2, 0.25) is 0 Å². The molecule has 1 saturated carbocycles. The van der Waals surface area contributed by atoms with Crippen LogP contribution in [0.1, 0.15) is 40.0 Å². The van der Waals surface area contributed by atoms with Gasteiger partial charge in [0.25, 0.3) is 0 Å². The number of hydrogen-bond acceptors (Lipinski definition) is 0. The number of alkyl halides is 1. The van der Waals surface area contributed by atoms with Crippen molar-refractivity contribution in [3.63, 3.8) is 0 Å². The maximum Gasteiger partial charge on any atom is 0.0364 e. The molecule has 0 aliphatic heterocycles. The van der Waals surface area contributed by atoms with Crippen molar-refractivity contribution in [1.82, 2.24) is 0 Å². The molecule has 0 saturated heterocycles. The normalized spacial score (nSPS) is 39.5. The highest BCUT2D eigenvalue weighted by Gasteiger charge is 2.27. The maximum absolute atomic E-state index is 6.21. The molecule has 0 amide bonds. The molecular formula is C10H19Cl. The van der Waals surface area contributed by atoms with Crippen LogP contribution in [-0.4, -0.2) is 5.38 Å². The molecule has 0 aromatic rings. The van der Waals surface area contributed by atoms with E-state index in [4.69, 9.17) is 11.6 Å². The van der Waals surface area contributed by atoms with Crippen molar-refractivity contribution >= 4 is 11.6 Å². The fourth-order valence-electron chi connectivity index (χ4n) is 1.90. The predicted octanol–water partition coefficient (Wildman–Crippen LogP) is 3.69. The van der Waals surface area contributed by atoms with Gasteiger partial charge in [0.15, 0.2) is 0 Å². The van der Waals surface area contributed by atoms with Crippen LogP contribution in [-0.2, 0) is 0 Å². The first-order valence-electron chi connectivity index (χ1n) is 4.75. The van der Waals surface area contributed by atoms with Gasteiger partial charge in [-0.15, -0.1) is 11.6 Å². The Balaban J connectivity index is 2.40. The van der Waals surface area contributed by atoms with Crippen LogP contribution in [0.4, 0.5) is 0 Å². The summed E-state index contributed by atoms with van der Waals surface area (Å²) in [7, 11) is 0. The monoisotopic (exact) mass is 174 g/mol. The second-order valence-corrected chi connectivity index (χ2v) is 4.87. The van der Waals surface area contributed by atoms with Crippen LogP contribution in [0.5, 0.6) is 0 Å². The van der Waals surface area contributed by atoms with E-state index in [-0.39, 0.29) is 0 Å². The second-order valence-electron chi connectivity index (χ2n) is 4.31. The van der Waals surface area contributed by atoms with E-state index in [0.717, 1.165) is 17.8 Å². The molecule has 11 heavy (non-hydrogen) atoms. The number of rotatable bonds is 1. The van der Waals surface area contributed by atoms with Crippen molar-refractivity contribution in [2.24, 2.45) is 17.8 Å². The van der Waals surface area contributed by atoms with E-state index < -0.39 is 0 Å². The summed E-state index contributed by atoms with van der Waals surface area (Å²) in [5, 5.41) is 0.441. The molecule has 1 heteroatoms. The average molecular weight is 175 g/mol. The van der Waals surface area contributed by atoms with Gasteiger partial charge in [0.05, 0.1) is 0 Å². The smallest absolute Gasteiger partial charge is 0.0364 e. The highest BCUT2D eigenvalue weighted by molar-refractivity contribution is 6.20. The minimum absolute atomic E-state index is 0.441. The third kappa shape index (κ3) is 2.37.